The lowest BCUT2D eigenvalue weighted by Crippen LogP contribution is -2.48. The molecule has 1 fully saturated rings. The van der Waals surface area contributed by atoms with E-state index in [0.29, 0.717) is 0 Å². The van der Waals surface area contributed by atoms with Crippen LogP contribution in [0, 0.1) is 11.3 Å². The monoisotopic (exact) mass is 256 g/mol. The molecule has 0 amide bonds. The summed E-state index contributed by atoms with van der Waals surface area (Å²) in [5, 5.41) is 7.46. The van der Waals surface area contributed by atoms with Crippen molar-refractivity contribution in [2.45, 2.75) is 26.9 Å². The number of morpholine rings is 1. The average Bonchev–Trinajstić information content (AvgIpc) is 2.37. The maximum Gasteiger partial charge on any atom is 0.0947 e. The molecule has 18 heavy (non-hydrogen) atoms. The number of nitrogens with zero attached hydrogens (tertiary/aromatic N) is 2. The highest BCUT2D eigenvalue weighted by Gasteiger charge is 2.22. The third kappa shape index (κ3) is 4.92. The molecule has 1 saturated heterocycles. The molecule has 0 aromatic heterocycles. The number of ether oxygens (including phenoxy) is 1. The van der Waals surface area contributed by atoms with Crippen LogP contribution >= 0.6 is 0 Å². The summed E-state index contributed by atoms with van der Waals surface area (Å²) in [4.78, 5) is 4.76. The van der Waals surface area contributed by atoms with Crippen LogP contribution in [0.4, 0.5) is 0 Å². The molecule has 0 spiro atoms. The van der Waals surface area contributed by atoms with E-state index in [0.717, 1.165) is 45.9 Å². The van der Waals surface area contributed by atoms with Crippen molar-refractivity contribution in [1.82, 2.24) is 9.80 Å². The zero-order valence-corrected chi connectivity index (χ0v) is 12.0. The molecule has 0 saturated carbocycles. The van der Waals surface area contributed by atoms with Crippen molar-refractivity contribution in [3.63, 3.8) is 0 Å². The van der Waals surface area contributed by atoms with Crippen LogP contribution < -0.4 is 5.73 Å². The smallest absolute Gasteiger partial charge is 0.0947 e. The van der Waals surface area contributed by atoms with Gasteiger partial charge in [-0.2, -0.15) is 0 Å². The molecule has 1 aliphatic rings. The predicted molar refractivity (Wildman–Crippen MR) is 75.0 cm³/mol. The molecule has 1 aliphatic heterocycles. The van der Waals surface area contributed by atoms with Crippen molar-refractivity contribution in [3.8, 4) is 0 Å². The first-order chi connectivity index (χ1) is 8.56. The molecule has 5 heteroatoms. The number of rotatable bonds is 7. The molecular weight excluding hydrogens is 228 g/mol. The largest absolute Gasteiger partial charge is 0.387 e. The number of amidine groups is 1. The molecule has 5 nitrogen and oxygen atoms in total. The molecule has 0 aromatic carbocycles. The van der Waals surface area contributed by atoms with Crippen molar-refractivity contribution >= 4 is 5.84 Å². The molecule has 2 unspecified atom stereocenters. The molecule has 0 aliphatic carbocycles. The van der Waals surface area contributed by atoms with Crippen molar-refractivity contribution in [2.75, 3.05) is 45.9 Å². The zero-order valence-electron chi connectivity index (χ0n) is 12.0. The number of likely N-dealkylation sites (N-methyl/N-ethyl adjacent to an activating group) is 2. The molecule has 2 atom stereocenters. The van der Waals surface area contributed by atoms with E-state index < -0.39 is 0 Å². The number of nitrogens with one attached hydrogen (secondary N) is 1. The van der Waals surface area contributed by atoms with Crippen LogP contribution in [-0.4, -0.2) is 67.6 Å². The number of hydrogen-bond acceptors (Lipinski definition) is 4. The van der Waals surface area contributed by atoms with Gasteiger partial charge in [-0.1, -0.05) is 20.8 Å². The van der Waals surface area contributed by atoms with Gasteiger partial charge in [0.15, 0.2) is 0 Å². The standard InChI is InChI=1S/C13H28N4O/c1-4-16-6-7-18-12(9-16)10-17(5-2)8-11(3)13(14)15/h11-12H,4-10H2,1-3H3,(H3,14,15). The predicted octanol–water partition coefficient (Wildman–Crippen LogP) is 0.601. The highest BCUT2D eigenvalue weighted by molar-refractivity contribution is 5.79. The SMILES string of the molecule is CCN1CCOC(CN(CC)CC(C)C(=N)N)C1. The molecule has 1 heterocycles. The number of nitrogens with two attached hydrogens (primary N) is 1. The van der Waals surface area contributed by atoms with Gasteiger partial charge in [0.1, 0.15) is 0 Å². The minimum Gasteiger partial charge on any atom is -0.387 e. The molecule has 106 valence electrons. The summed E-state index contributed by atoms with van der Waals surface area (Å²) < 4.78 is 5.82. The van der Waals surface area contributed by atoms with Gasteiger partial charge in [-0.05, 0) is 13.1 Å². The van der Waals surface area contributed by atoms with Gasteiger partial charge >= 0.3 is 0 Å². The maximum atomic E-state index is 7.46. The fourth-order valence-electron chi connectivity index (χ4n) is 2.28. The Morgan fingerprint density at radius 1 is 1.56 bits per heavy atom. The van der Waals surface area contributed by atoms with Gasteiger partial charge in [-0.25, -0.2) is 0 Å². The van der Waals surface area contributed by atoms with Gasteiger partial charge in [0.25, 0.3) is 0 Å². The van der Waals surface area contributed by atoms with Gasteiger partial charge in [-0.3, -0.25) is 10.3 Å². The van der Waals surface area contributed by atoms with E-state index in [1.807, 2.05) is 6.92 Å². The van der Waals surface area contributed by atoms with Crippen LogP contribution in [0.15, 0.2) is 0 Å². The van der Waals surface area contributed by atoms with Crippen LogP contribution in [0.25, 0.3) is 0 Å². The van der Waals surface area contributed by atoms with E-state index in [1.165, 1.54) is 0 Å². The highest BCUT2D eigenvalue weighted by atomic mass is 16.5. The van der Waals surface area contributed by atoms with Crippen LogP contribution in [0.2, 0.25) is 0 Å². The Balaban J connectivity index is 2.39. The minimum atomic E-state index is 0.121. The fourth-order valence-corrected chi connectivity index (χ4v) is 2.28. The van der Waals surface area contributed by atoms with Gasteiger partial charge in [0, 0.05) is 32.1 Å². The Morgan fingerprint density at radius 2 is 2.28 bits per heavy atom. The van der Waals surface area contributed by atoms with Gasteiger partial charge in [-0.15, -0.1) is 0 Å². The average molecular weight is 256 g/mol. The normalized spacial score (nSPS) is 23.2. The Labute approximate surface area is 111 Å². The van der Waals surface area contributed by atoms with E-state index in [4.69, 9.17) is 15.9 Å². The molecule has 0 aromatic rings. The van der Waals surface area contributed by atoms with Gasteiger partial charge < -0.3 is 15.4 Å². The maximum absolute atomic E-state index is 7.46. The summed E-state index contributed by atoms with van der Waals surface area (Å²) >= 11 is 0. The topological polar surface area (TPSA) is 65.6 Å². The highest BCUT2D eigenvalue weighted by Crippen LogP contribution is 2.08. The minimum absolute atomic E-state index is 0.121. The van der Waals surface area contributed by atoms with E-state index in [9.17, 15) is 0 Å². The van der Waals surface area contributed by atoms with Crippen molar-refractivity contribution in [1.29, 1.82) is 5.41 Å². The van der Waals surface area contributed by atoms with Gasteiger partial charge in [0.2, 0.25) is 0 Å². The van der Waals surface area contributed by atoms with Gasteiger partial charge in [0.05, 0.1) is 18.5 Å². The summed E-state index contributed by atoms with van der Waals surface area (Å²) in [5.41, 5.74) is 5.53. The zero-order chi connectivity index (χ0) is 13.5. The fraction of sp³-hybridized carbons (Fsp3) is 0.923. The van der Waals surface area contributed by atoms with E-state index in [-0.39, 0.29) is 17.9 Å². The summed E-state index contributed by atoms with van der Waals surface area (Å²) in [6, 6.07) is 0. The second-order valence-electron chi connectivity index (χ2n) is 5.09. The Morgan fingerprint density at radius 3 is 2.83 bits per heavy atom. The summed E-state index contributed by atoms with van der Waals surface area (Å²) in [7, 11) is 0. The molecule has 0 bridgehead atoms. The Bertz CT molecular complexity index is 259. The number of hydrogen-bond donors (Lipinski definition) is 2. The van der Waals surface area contributed by atoms with Crippen molar-refractivity contribution in [3.05, 3.63) is 0 Å². The van der Waals surface area contributed by atoms with Crippen molar-refractivity contribution in [2.24, 2.45) is 11.7 Å². The van der Waals surface area contributed by atoms with Crippen molar-refractivity contribution < 1.29 is 4.74 Å². The van der Waals surface area contributed by atoms with Crippen LogP contribution in [0.1, 0.15) is 20.8 Å². The lowest BCUT2D eigenvalue weighted by molar-refractivity contribution is -0.0418. The molecule has 0 radical (unpaired) electrons. The lowest BCUT2D eigenvalue weighted by Gasteiger charge is -2.35. The van der Waals surface area contributed by atoms with Crippen LogP contribution in [0.3, 0.4) is 0 Å². The second-order valence-corrected chi connectivity index (χ2v) is 5.09. The van der Waals surface area contributed by atoms with E-state index in [1.54, 1.807) is 0 Å². The molecule has 1 rings (SSSR count). The third-order valence-electron chi connectivity index (χ3n) is 3.64. The quantitative estimate of drug-likeness (QED) is 0.517. The Hall–Kier alpha value is -0.650. The first-order valence-electron chi connectivity index (χ1n) is 6.97. The summed E-state index contributed by atoms with van der Waals surface area (Å²) in [6.45, 7) is 13.1. The Kier molecular flexibility index (Phi) is 6.60. The first-order valence-corrected chi connectivity index (χ1v) is 6.97. The second kappa shape index (κ2) is 7.71. The van der Waals surface area contributed by atoms with E-state index >= 15 is 0 Å². The summed E-state index contributed by atoms with van der Waals surface area (Å²) in [6.07, 6.45) is 0.290. The van der Waals surface area contributed by atoms with Crippen LogP contribution in [-0.2, 0) is 4.74 Å². The molecular formula is C13H28N4O. The van der Waals surface area contributed by atoms with E-state index in [2.05, 4.69) is 23.6 Å². The summed E-state index contributed by atoms with van der Waals surface area (Å²) in [5.74, 6) is 0.393. The van der Waals surface area contributed by atoms with Crippen LogP contribution in [0.5, 0.6) is 0 Å². The molecule has 3 N–H and O–H groups in total. The third-order valence-corrected chi connectivity index (χ3v) is 3.64. The first kappa shape index (κ1) is 15.4. The lowest BCUT2D eigenvalue weighted by atomic mass is 10.1.